The maximum absolute atomic E-state index is 12.8. The number of hydrogen-bond donors (Lipinski definition) is 1. The van der Waals surface area contributed by atoms with Crippen LogP contribution in [0.1, 0.15) is 11.1 Å². The summed E-state index contributed by atoms with van der Waals surface area (Å²) in [4.78, 5) is 11.9. The molecule has 0 bridgehead atoms. The molecule has 3 nitrogen and oxygen atoms in total. The van der Waals surface area contributed by atoms with Crippen molar-refractivity contribution in [2.24, 2.45) is 0 Å². The summed E-state index contributed by atoms with van der Waals surface area (Å²) in [6, 6.07) is 11.1. The van der Waals surface area contributed by atoms with Gasteiger partial charge in [0.25, 0.3) is 0 Å². The van der Waals surface area contributed by atoms with Crippen LogP contribution in [0.25, 0.3) is 0 Å². The van der Waals surface area contributed by atoms with Gasteiger partial charge in [0.15, 0.2) is 0 Å². The predicted octanol–water partition coefficient (Wildman–Crippen LogP) is 3.35. The van der Waals surface area contributed by atoms with Crippen molar-refractivity contribution in [3.05, 3.63) is 64.4 Å². The smallest absolute Gasteiger partial charge is 0.224 e. The summed E-state index contributed by atoms with van der Waals surface area (Å²) in [5.74, 6) is 0.171. The summed E-state index contributed by atoms with van der Waals surface area (Å²) >= 11 is 5.92. The molecule has 5 heteroatoms. The SMILES string of the molecule is COc1ccc(Cl)cc1CC(=O)NCc1ccc(F)cc1. The highest BCUT2D eigenvalue weighted by Gasteiger charge is 2.09. The van der Waals surface area contributed by atoms with E-state index in [4.69, 9.17) is 16.3 Å². The van der Waals surface area contributed by atoms with Gasteiger partial charge in [-0.15, -0.1) is 0 Å². The van der Waals surface area contributed by atoms with Gasteiger partial charge in [-0.05, 0) is 35.9 Å². The van der Waals surface area contributed by atoms with Gasteiger partial charge in [0, 0.05) is 17.1 Å². The van der Waals surface area contributed by atoms with Crippen LogP contribution in [0.2, 0.25) is 5.02 Å². The van der Waals surface area contributed by atoms with Crippen LogP contribution in [0.4, 0.5) is 4.39 Å². The average Bonchev–Trinajstić information content (AvgIpc) is 2.47. The van der Waals surface area contributed by atoms with E-state index in [0.29, 0.717) is 17.3 Å². The van der Waals surface area contributed by atoms with Crippen LogP contribution in [0.5, 0.6) is 5.75 Å². The zero-order valence-electron chi connectivity index (χ0n) is 11.5. The van der Waals surface area contributed by atoms with Gasteiger partial charge in [0.05, 0.1) is 13.5 Å². The van der Waals surface area contributed by atoms with Gasteiger partial charge >= 0.3 is 0 Å². The molecule has 2 aromatic rings. The number of carbonyl (C=O) groups is 1. The Hall–Kier alpha value is -2.07. The number of benzene rings is 2. The van der Waals surface area contributed by atoms with Gasteiger partial charge in [-0.3, -0.25) is 4.79 Å². The lowest BCUT2D eigenvalue weighted by molar-refractivity contribution is -0.120. The molecule has 0 aromatic heterocycles. The normalized spacial score (nSPS) is 10.2. The van der Waals surface area contributed by atoms with Crippen LogP contribution >= 0.6 is 11.6 Å². The van der Waals surface area contributed by atoms with Gasteiger partial charge in [0.1, 0.15) is 11.6 Å². The minimum absolute atomic E-state index is 0.153. The molecule has 21 heavy (non-hydrogen) atoms. The fourth-order valence-electron chi connectivity index (χ4n) is 1.92. The predicted molar refractivity (Wildman–Crippen MR) is 80.0 cm³/mol. The fraction of sp³-hybridized carbons (Fsp3) is 0.188. The molecule has 0 aliphatic carbocycles. The van der Waals surface area contributed by atoms with Crippen molar-refractivity contribution in [3.8, 4) is 5.75 Å². The van der Waals surface area contributed by atoms with Crippen molar-refractivity contribution in [2.45, 2.75) is 13.0 Å². The van der Waals surface area contributed by atoms with Gasteiger partial charge in [0.2, 0.25) is 5.91 Å². The third-order valence-corrected chi connectivity index (χ3v) is 3.23. The van der Waals surface area contributed by atoms with Crippen LogP contribution in [0.3, 0.4) is 0 Å². The maximum Gasteiger partial charge on any atom is 0.224 e. The van der Waals surface area contributed by atoms with E-state index in [1.807, 2.05) is 0 Å². The minimum Gasteiger partial charge on any atom is -0.496 e. The van der Waals surface area contributed by atoms with Gasteiger partial charge in [-0.25, -0.2) is 4.39 Å². The Labute approximate surface area is 127 Å². The fourth-order valence-corrected chi connectivity index (χ4v) is 2.12. The van der Waals surface area contributed by atoms with E-state index in [0.717, 1.165) is 11.1 Å². The second-order valence-corrected chi connectivity index (χ2v) is 4.97. The molecule has 0 spiro atoms. The zero-order chi connectivity index (χ0) is 15.2. The van der Waals surface area contributed by atoms with Crippen LogP contribution in [0.15, 0.2) is 42.5 Å². The molecule has 0 fully saturated rings. The Balaban J connectivity index is 1.95. The number of rotatable bonds is 5. The average molecular weight is 308 g/mol. The molecule has 110 valence electrons. The molecule has 0 saturated heterocycles. The number of methoxy groups -OCH3 is 1. The largest absolute Gasteiger partial charge is 0.496 e. The molecule has 0 radical (unpaired) electrons. The summed E-state index contributed by atoms with van der Waals surface area (Å²) in [5, 5.41) is 3.33. The highest BCUT2D eigenvalue weighted by molar-refractivity contribution is 6.30. The first-order valence-corrected chi connectivity index (χ1v) is 6.80. The number of ether oxygens (including phenoxy) is 1. The van der Waals surface area contributed by atoms with Gasteiger partial charge in [-0.2, -0.15) is 0 Å². The molecule has 0 saturated carbocycles. The standard InChI is InChI=1S/C16H15ClFNO2/c1-21-15-7-4-13(17)8-12(15)9-16(20)19-10-11-2-5-14(18)6-3-11/h2-8H,9-10H2,1H3,(H,19,20). The lowest BCUT2D eigenvalue weighted by Gasteiger charge is -2.09. The molecule has 0 heterocycles. The Bertz CT molecular complexity index is 629. The highest BCUT2D eigenvalue weighted by Crippen LogP contribution is 2.23. The lowest BCUT2D eigenvalue weighted by atomic mass is 10.1. The van der Waals surface area contributed by atoms with Crippen LogP contribution < -0.4 is 10.1 Å². The van der Waals surface area contributed by atoms with Gasteiger partial charge in [-0.1, -0.05) is 23.7 Å². The van der Waals surface area contributed by atoms with E-state index < -0.39 is 0 Å². The number of carbonyl (C=O) groups excluding carboxylic acids is 1. The Morgan fingerprint density at radius 1 is 1.24 bits per heavy atom. The number of hydrogen-bond acceptors (Lipinski definition) is 2. The molecule has 0 aliphatic heterocycles. The second-order valence-electron chi connectivity index (χ2n) is 4.54. The van der Waals surface area contributed by atoms with E-state index in [2.05, 4.69) is 5.32 Å². The zero-order valence-corrected chi connectivity index (χ0v) is 12.3. The summed E-state index contributed by atoms with van der Waals surface area (Å²) in [6.45, 7) is 0.349. The minimum atomic E-state index is -0.297. The molecule has 1 amide bonds. The Kier molecular flexibility index (Phi) is 5.17. The van der Waals surface area contributed by atoms with Crippen LogP contribution in [-0.2, 0) is 17.8 Å². The first-order valence-electron chi connectivity index (χ1n) is 6.42. The van der Waals surface area contributed by atoms with Gasteiger partial charge < -0.3 is 10.1 Å². The molecule has 1 N–H and O–H groups in total. The third-order valence-electron chi connectivity index (χ3n) is 3.00. The molecule has 0 atom stereocenters. The van der Waals surface area contributed by atoms with Crippen molar-refractivity contribution in [3.63, 3.8) is 0 Å². The lowest BCUT2D eigenvalue weighted by Crippen LogP contribution is -2.24. The van der Waals surface area contributed by atoms with Crippen molar-refractivity contribution < 1.29 is 13.9 Å². The summed E-state index contributed by atoms with van der Waals surface area (Å²) in [6.07, 6.45) is 0.172. The molecule has 2 aromatic carbocycles. The van der Waals surface area contributed by atoms with E-state index >= 15 is 0 Å². The third kappa shape index (κ3) is 4.46. The monoisotopic (exact) mass is 307 g/mol. The van der Waals surface area contributed by atoms with Crippen LogP contribution in [-0.4, -0.2) is 13.0 Å². The highest BCUT2D eigenvalue weighted by atomic mass is 35.5. The van der Waals surface area contributed by atoms with E-state index in [-0.39, 0.29) is 18.1 Å². The number of amides is 1. The molecular weight excluding hydrogens is 293 g/mol. The topological polar surface area (TPSA) is 38.3 Å². The van der Waals surface area contributed by atoms with Crippen molar-refractivity contribution >= 4 is 17.5 Å². The first kappa shape index (κ1) is 15.3. The molecule has 2 rings (SSSR count). The molecular formula is C16H15ClFNO2. The number of halogens is 2. The summed E-state index contributed by atoms with van der Waals surface area (Å²) in [5.41, 5.74) is 1.56. The van der Waals surface area contributed by atoms with E-state index in [9.17, 15) is 9.18 Å². The Morgan fingerprint density at radius 3 is 2.62 bits per heavy atom. The van der Waals surface area contributed by atoms with E-state index in [1.165, 1.54) is 12.1 Å². The van der Waals surface area contributed by atoms with Crippen LogP contribution in [0, 0.1) is 5.82 Å². The first-order chi connectivity index (χ1) is 10.1. The molecule has 0 unspecified atom stereocenters. The van der Waals surface area contributed by atoms with E-state index in [1.54, 1.807) is 37.4 Å². The summed E-state index contributed by atoms with van der Waals surface area (Å²) < 4.78 is 18.0. The molecule has 0 aliphatic rings. The second kappa shape index (κ2) is 7.09. The maximum atomic E-state index is 12.8. The Morgan fingerprint density at radius 2 is 1.95 bits per heavy atom. The number of nitrogens with one attached hydrogen (secondary N) is 1. The van der Waals surface area contributed by atoms with Crippen molar-refractivity contribution in [1.82, 2.24) is 5.32 Å². The quantitative estimate of drug-likeness (QED) is 0.920. The van der Waals surface area contributed by atoms with Crippen molar-refractivity contribution in [1.29, 1.82) is 0 Å². The summed E-state index contributed by atoms with van der Waals surface area (Å²) in [7, 11) is 1.54. The van der Waals surface area contributed by atoms with Crippen molar-refractivity contribution in [2.75, 3.05) is 7.11 Å².